The van der Waals surface area contributed by atoms with Gasteiger partial charge in [0.25, 0.3) is 0 Å². The fourth-order valence-corrected chi connectivity index (χ4v) is 2.27. The number of hydrogen-bond acceptors (Lipinski definition) is 3. The molecule has 0 saturated heterocycles. The second-order valence-electron chi connectivity index (χ2n) is 5.52. The van der Waals surface area contributed by atoms with Crippen LogP contribution in [-0.2, 0) is 13.1 Å². The molecule has 0 saturated carbocycles. The maximum atomic E-state index is 5.69. The summed E-state index contributed by atoms with van der Waals surface area (Å²) in [6, 6.07) is 12.3. The van der Waals surface area contributed by atoms with Gasteiger partial charge in [-0.25, -0.2) is 4.98 Å². The number of pyridine rings is 1. The first-order valence-electron chi connectivity index (χ1n) is 8.30. The Kier molecular flexibility index (Phi) is 9.91. The van der Waals surface area contributed by atoms with E-state index in [1.807, 2.05) is 24.3 Å². The number of nitrogens with one attached hydrogen (secondary N) is 2. The number of rotatable bonds is 7. The number of aromatic nitrogens is 1. The van der Waals surface area contributed by atoms with Crippen LogP contribution in [0.2, 0.25) is 0 Å². The topological polar surface area (TPSA) is 58.5 Å². The first-order chi connectivity index (χ1) is 11.7. The molecule has 0 spiro atoms. The lowest BCUT2D eigenvalue weighted by molar-refractivity contribution is 0.301. The van der Waals surface area contributed by atoms with Gasteiger partial charge >= 0.3 is 0 Å². The molecule has 2 rings (SSSR count). The quantitative estimate of drug-likeness (QED) is 0.381. The fourth-order valence-electron chi connectivity index (χ4n) is 2.27. The molecule has 0 bridgehead atoms. The van der Waals surface area contributed by atoms with E-state index < -0.39 is 0 Å². The number of guanidine groups is 1. The summed E-state index contributed by atoms with van der Waals surface area (Å²) in [5, 5.41) is 6.65. The van der Waals surface area contributed by atoms with Gasteiger partial charge in [-0.05, 0) is 30.5 Å². The van der Waals surface area contributed by atoms with E-state index in [1.54, 1.807) is 13.2 Å². The van der Waals surface area contributed by atoms with E-state index in [4.69, 9.17) is 4.74 Å². The van der Waals surface area contributed by atoms with Crippen LogP contribution in [0.15, 0.2) is 47.6 Å². The summed E-state index contributed by atoms with van der Waals surface area (Å²) >= 11 is 0. The number of benzene rings is 1. The molecule has 0 fully saturated rings. The smallest absolute Gasteiger partial charge is 0.218 e. The van der Waals surface area contributed by atoms with Crippen molar-refractivity contribution >= 4 is 29.9 Å². The molecule has 1 aromatic heterocycles. The van der Waals surface area contributed by atoms with Gasteiger partial charge in [-0.1, -0.05) is 37.3 Å². The largest absolute Gasteiger partial charge is 0.477 e. The highest BCUT2D eigenvalue weighted by atomic mass is 127. The molecule has 0 aliphatic heterocycles. The van der Waals surface area contributed by atoms with Crippen molar-refractivity contribution in [3.8, 4) is 5.88 Å². The number of halogens is 1. The summed E-state index contributed by atoms with van der Waals surface area (Å²) in [6.07, 6.45) is 2.71. The molecule has 5 nitrogen and oxygen atoms in total. The summed E-state index contributed by atoms with van der Waals surface area (Å²) in [7, 11) is 1.77. The Hall–Kier alpha value is -1.83. The first-order valence-corrected chi connectivity index (χ1v) is 8.30. The minimum atomic E-state index is 0. The number of nitrogens with zero attached hydrogens (tertiary/aromatic N) is 2. The minimum Gasteiger partial charge on any atom is -0.477 e. The molecule has 0 aliphatic carbocycles. The van der Waals surface area contributed by atoms with Crippen LogP contribution >= 0.6 is 24.0 Å². The van der Waals surface area contributed by atoms with Gasteiger partial charge in [0.1, 0.15) is 0 Å². The van der Waals surface area contributed by atoms with Gasteiger partial charge in [-0.3, -0.25) is 4.99 Å². The van der Waals surface area contributed by atoms with Crippen molar-refractivity contribution in [3.63, 3.8) is 0 Å². The van der Waals surface area contributed by atoms with E-state index in [2.05, 4.69) is 46.6 Å². The van der Waals surface area contributed by atoms with Gasteiger partial charge in [0.15, 0.2) is 5.96 Å². The van der Waals surface area contributed by atoms with Crippen LogP contribution in [0.25, 0.3) is 0 Å². The number of aliphatic imine (C=N–C) groups is 1. The van der Waals surface area contributed by atoms with Crippen molar-refractivity contribution < 1.29 is 4.74 Å². The molecule has 6 heteroatoms. The highest BCUT2D eigenvalue weighted by Gasteiger charge is 2.06. The molecule has 0 aliphatic rings. The van der Waals surface area contributed by atoms with Crippen molar-refractivity contribution in [1.29, 1.82) is 0 Å². The van der Waals surface area contributed by atoms with Crippen molar-refractivity contribution in [2.75, 3.05) is 13.7 Å². The van der Waals surface area contributed by atoms with Crippen LogP contribution < -0.4 is 15.4 Å². The lowest BCUT2D eigenvalue weighted by Crippen LogP contribution is -2.36. The van der Waals surface area contributed by atoms with Gasteiger partial charge < -0.3 is 15.4 Å². The molecular weight excluding hydrogens is 427 g/mol. The van der Waals surface area contributed by atoms with E-state index in [9.17, 15) is 0 Å². The SMILES string of the molecule is CCCOc1ncccc1CNC(=NC)NCc1ccccc1C.I. The molecule has 0 radical (unpaired) electrons. The summed E-state index contributed by atoms with van der Waals surface area (Å²) in [4.78, 5) is 8.58. The first kappa shape index (κ1) is 21.2. The Morgan fingerprint density at radius 2 is 1.76 bits per heavy atom. The molecule has 2 N–H and O–H groups in total. The van der Waals surface area contributed by atoms with Gasteiger partial charge in [-0.2, -0.15) is 0 Å². The zero-order chi connectivity index (χ0) is 17.2. The number of hydrogen-bond donors (Lipinski definition) is 2. The minimum absolute atomic E-state index is 0. The normalized spacial score (nSPS) is 10.8. The third-order valence-corrected chi connectivity index (χ3v) is 3.67. The molecule has 136 valence electrons. The van der Waals surface area contributed by atoms with Crippen LogP contribution in [0.4, 0.5) is 0 Å². The molecule has 0 unspecified atom stereocenters. The maximum absolute atomic E-state index is 5.69. The summed E-state index contributed by atoms with van der Waals surface area (Å²) in [6.45, 7) is 6.21. The van der Waals surface area contributed by atoms with Crippen LogP contribution in [0, 0.1) is 6.92 Å². The Balaban J connectivity index is 0.00000312. The number of aryl methyl sites for hydroxylation is 1. The van der Waals surface area contributed by atoms with E-state index in [1.165, 1.54) is 11.1 Å². The Morgan fingerprint density at radius 1 is 1.08 bits per heavy atom. The summed E-state index contributed by atoms with van der Waals surface area (Å²) < 4.78 is 5.69. The van der Waals surface area contributed by atoms with Crippen molar-refractivity contribution in [3.05, 3.63) is 59.3 Å². The summed E-state index contributed by atoms with van der Waals surface area (Å²) in [5.74, 6) is 1.43. The van der Waals surface area contributed by atoms with Crippen molar-refractivity contribution in [2.24, 2.45) is 4.99 Å². The lowest BCUT2D eigenvalue weighted by Gasteiger charge is -2.14. The van der Waals surface area contributed by atoms with Crippen LogP contribution in [-0.4, -0.2) is 24.6 Å². The molecule has 1 aromatic carbocycles. The zero-order valence-corrected chi connectivity index (χ0v) is 17.4. The standard InChI is InChI=1S/C19H26N4O.HI/c1-4-12-24-18-17(10-7-11-21-18)14-23-19(20-3)22-13-16-9-6-5-8-15(16)2;/h5-11H,4,12-14H2,1-3H3,(H2,20,22,23);1H. The maximum Gasteiger partial charge on any atom is 0.218 e. The predicted molar refractivity (Wildman–Crippen MR) is 114 cm³/mol. The predicted octanol–water partition coefficient (Wildman–Crippen LogP) is 3.66. The molecule has 2 aromatic rings. The average molecular weight is 454 g/mol. The highest BCUT2D eigenvalue weighted by molar-refractivity contribution is 14.0. The third kappa shape index (κ3) is 6.89. The van der Waals surface area contributed by atoms with E-state index >= 15 is 0 Å². The molecular formula is C19H27IN4O. The second-order valence-corrected chi connectivity index (χ2v) is 5.52. The Bertz CT molecular complexity index is 676. The summed E-state index contributed by atoms with van der Waals surface area (Å²) in [5.41, 5.74) is 3.54. The monoisotopic (exact) mass is 454 g/mol. The van der Waals surface area contributed by atoms with E-state index in [0.717, 1.165) is 24.5 Å². The van der Waals surface area contributed by atoms with E-state index in [0.29, 0.717) is 19.0 Å². The lowest BCUT2D eigenvalue weighted by atomic mass is 10.1. The second kappa shape index (κ2) is 11.7. The molecule has 25 heavy (non-hydrogen) atoms. The van der Waals surface area contributed by atoms with Gasteiger partial charge in [0.05, 0.1) is 6.61 Å². The van der Waals surface area contributed by atoms with Crippen LogP contribution in [0.3, 0.4) is 0 Å². The van der Waals surface area contributed by atoms with Crippen molar-refractivity contribution in [2.45, 2.75) is 33.4 Å². The highest BCUT2D eigenvalue weighted by Crippen LogP contribution is 2.14. The van der Waals surface area contributed by atoms with Crippen LogP contribution in [0.5, 0.6) is 5.88 Å². The van der Waals surface area contributed by atoms with Gasteiger partial charge in [0, 0.05) is 31.9 Å². The fraction of sp³-hybridized carbons (Fsp3) is 0.368. The van der Waals surface area contributed by atoms with Crippen molar-refractivity contribution in [1.82, 2.24) is 15.6 Å². The molecule has 0 amide bonds. The zero-order valence-electron chi connectivity index (χ0n) is 15.1. The Morgan fingerprint density at radius 3 is 2.44 bits per heavy atom. The average Bonchev–Trinajstić information content (AvgIpc) is 2.62. The molecule has 0 atom stereocenters. The number of ether oxygens (including phenoxy) is 1. The van der Waals surface area contributed by atoms with Gasteiger partial charge in [-0.15, -0.1) is 24.0 Å². The van der Waals surface area contributed by atoms with Crippen LogP contribution in [0.1, 0.15) is 30.0 Å². The van der Waals surface area contributed by atoms with Gasteiger partial charge in [0.2, 0.25) is 5.88 Å². The third-order valence-electron chi connectivity index (χ3n) is 3.67. The molecule has 1 heterocycles. The van der Waals surface area contributed by atoms with E-state index in [-0.39, 0.29) is 24.0 Å². The Labute approximate surface area is 167 Å².